The molecular weight excluding hydrogens is 302 g/mol. The van der Waals surface area contributed by atoms with Crippen molar-refractivity contribution in [2.75, 3.05) is 13.2 Å². The Bertz CT molecular complexity index is 547. The number of ether oxygens (including phenoxy) is 1. The highest BCUT2D eigenvalue weighted by Gasteiger charge is 2.29. The third kappa shape index (κ3) is 4.24. The predicted octanol–water partition coefficient (Wildman–Crippen LogP) is 3.59. The van der Waals surface area contributed by atoms with E-state index in [9.17, 15) is 9.90 Å². The quantitative estimate of drug-likeness (QED) is 0.813. The van der Waals surface area contributed by atoms with Gasteiger partial charge in [0.2, 0.25) is 0 Å². The Morgan fingerprint density at radius 3 is 2.95 bits per heavy atom. The predicted molar refractivity (Wildman–Crippen MR) is 87.4 cm³/mol. The molecular formula is C17H22ClNO3. The molecule has 0 bridgehead atoms. The van der Waals surface area contributed by atoms with Crippen LogP contribution in [0.3, 0.4) is 0 Å². The molecule has 1 aromatic rings. The first-order valence-corrected chi connectivity index (χ1v) is 7.88. The summed E-state index contributed by atoms with van der Waals surface area (Å²) in [5.41, 5.74) is 1.06. The van der Waals surface area contributed by atoms with Gasteiger partial charge >= 0.3 is 5.97 Å². The zero-order chi connectivity index (χ0) is 16.1. The number of piperidine rings is 1. The van der Waals surface area contributed by atoms with Gasteiger partial charge in [-0.1, -0.05) is 30.3 Å². The lowest BCUT2D eigenvalue weighted by Crippen LogP contribution is -2.43. The van der Waals surface area contributed by atoms with E-state index in [1.165, 1.54) is 0 Å². The van der Waals surface area contributed by atoms with E-state index in [0.29, 0.717) is 36.5 Å². The molecule has 1 saturated heterocycles. The Morgan fingerprint density at radius 1 is 1.55 bits per heavy atom. The van der Waals surface area contributed by atoms with E-state index in [-0.39, 0.29) is 5.92 Å². The van der Waals surface area contributed by atoms with Gasteiger partial charge in [0.15, 0.2) is 0 Å². The molecule has 0 amide bonds. The largest absolute Gasteiger partial charge is 0.488 e. The molecule has 0 aromatic heterocycles. The standard InChI is InChI=1S/C17H22ClNO3/c1-3-8-22-16-7-5-13(9-15(16)18)10-19-11-14(17(20)21)6-4-12(19)2/h3,5,7,9,12,14H,1,4,6,8,10-11H2,2H3,(H,20,21). The lowest BCUT2D eigenvalue weighted by molar-refractivity contribution is -0.144. The Morgan fingerprint density at radius 2 is 2.32 bits per heavy atom. The SMILES string of the molecule is C=CCOc1ccc(CN2CC(C(=O)O)CCC2C)cc1Cl. The van der Waals surface area contributed by atoms with Gasteiger partial charge in [-0.05, 0) is 37.5 Å². The number of aliphatic carboxylic acids is 1. The van der Waals surface area contributed by atoms with Crippen LogP contribution in [0.4, 0.5) is 0 Å². The first-order valence-electron chi connectivity index (χ1n) is 7.50. The molecule has 2 unspecified atom stereocenters. The summed E-state index contributed by atoms with van der Waals surface area (Å²) in [6.45, 7) is 7.45. The molecule has 0 spiro atoms. The van der Waals surface area contributed by atoms with Gasteiger partial charge in [-0.2, -0.15) is 0 Å². The van der Waals surface area contributed by atoms with Crippen molar-refractivity contribution in [3.63, 3.8) is 0 Å². The molecule has 1 aliphatic heterocycles. The van der Waals surface area contributed by atoms with E-state index in [4.69, 9.17) is 16.3 Å². The zero-order valence-corrected chi connectivity index (χ0v) is 13.6. The fourth-order valence-corrected chi connectivity index (χ4v) is 3.00. The molecule has 4 nitrogen and oxygen atoms in total. The van der Waals surface area contributed by atoms with Crippen LogP contribution >= 0.6 is 11.6 Å². The van der Waals surface area contributed by atoms with Gasteiger partial charge in [0.25, 0.3) is 0 Å². The van der Waals surface area contributed by atoms with Crippen molar-refractivity contribution in [2.45, 2.75) is 32.4 Å². The van der Waals surface area contributed by atoms with Gasteiger partial charge in [-0.15, -0.1) is 0 Å². The summed E-state index contributed by atoms with van der Waals surface area (Å²) < 4.78 is 5.46. The van der Waals surface area contributed by atoms with Crippen molar-refractivity contribution >= 4 is 17.6 Å². The highest BCUT2D eigenvalue weighted by atomic mass is 35.5. The number of likely N-dealkylation sites (tertiary alicyclic amines) is 1. The normalized spacial score (nSPS) is 22.3. The first-order chi connectivity index (χ1) is 10.5. The molecule has 5 heteroatoms. The molecule has 0 radical (unpaired) electrons. The fraction of sp³-hybridized carbons (Fsp3) is 0.471. The third-order valence-corrected chi connectivity index (χ3v) is 4.39. The number of halogens is 1. The summed E-state index contributed by atoms with van der Waals surface area (Å²) in [4.78, 5) is 13.4. The molecule has 22 heavy (non-hydrogen) atoms. The van der Waals surface area contributed by atoms with Crippen molar-refractivity contribution in [1.29, 1.82) is 0 Å². The Balaban J connectivity index is 2.04. The highest BCUT2D eigenvalue weighted by molar-refractivity contribution is 6.32. The molecule has 0 saturated carbocycles. The third-order valence-electron chi connectivity index (χ3n) is 4.10. The van der Waals surface area contributed by atoms with E-state index < -0.39 is 5.97 Å². The minimum absolute atomic E-state index is 0.276. The summed E-state index contributed by atoms with van der Waals surface area (Å²) >= 11 is 6.23. The molecule has 1 fully saturated rings. The first kappa shape index (κ1) is 16.8. The van der Waals surface area contributed by atoms with Crippen LogP contribution in [-0.4, -0.2) is 35.2 Å². The highest BCUT2D eigenvalue weighted by Crippen LogP contribution is 2.28. The van der Waals surface area contributed by atoms with Crippen LogP contribution in [0.25, 0.3) is 0 Å². The van der Waals surface area contributed by atoms with Crippen LogP contribution in [0.1, 0.15) is 25.3 Å². The second kappa shape index (κ2) is 7.65. The molecule has 1 N–H and O–H groups in total. The van der Waals surface area contributed by atoms with Crippen LogP contribution in [0.5, 0.6) is 5.75 Å². The molecule has 1 aliphatic rings. The van der Waals surface area contributed by atoms with E-state index in [0.717, 1.165) is 18.4 Å². The molecule has 0 aliphatic carbocycles. The number of carbonyl (C=O) groups is 1. The van der Waals surface area contributed by atoms with E-state index in [2.05, 4.69) is 18.4 Å². The minimum Gasteiger partial charge on any atom is -0.488 e. The van der Waals surface area contributed by atoms with E-state index in [1.807, 2.05) is 18.2 Å². The average molecular weight is 324 g/mol. The van der Waals surface area contributed by atoms with E-state index in [1.54, 1.807) is 6.08 Å². The minimum atomic E-state index is -0.705. The lowest BCUT2D eigenvalue weighted by atomic mass is 9.93. The average Bonchev–Trinajstić information content (AvgIpc) is 2.48. The molecule has 1 aromatic carbocycles. The maximum Gasteiger partial charge on any atom is 0.307 e. The Labute approximate surface area is 136 Å². The van der Waals surface area contributed by atoms with Crippen LogP contribution < -0.4 is 4.74 Å². The number of hydrogen-bond donors (Lipinski definition) is 1. The number of rotatable bonds is 6. The second-order valence-corrected chi connectivity index (χ2v) is 6.16. The smallest absolute Gasteiger partial charge is 0.307 e. The summed E-state index contributed by atoms with van der Waals surface area (Å²) in [6.07, 6.45) is 3.33. The summed E-state index contributed by atoms with van der Waals surface area (Å²) in [5.74, 6) is -0.342. The molecule has 1 heterocycles. The van der Waals surface area contributed by atoms with Crippen LogP contribution in [-0.2, 0) is 11.3 Å². The number of benzene rings is 1. The second-order valence-electron chi connectivity index (χ2n) is 5.76. The van der Waals surface area contributed by atoms with Gasteiger partial charge in [0.1, 0.15) is 12.4 Å². The molecule has 2 rings (SSSR count). The maximum atomic E-state index is 11.2. The van der Waals surface area contributed by atoms with Crippen molar-refractivity contribution in [3.8, 4) is 5.75 Å². The van der Waals surface area contributed by atoms with Gasteiger partial charge in [0.05, 0.1) is 10.9 Å². The number of carboxylic acid groups (broad SMARTS) is 1. The topological polar surface area (TPSA) is 49.8 Å². The number of hydrogen-bond acceptors (Lipinski definition) is 3. The van der Waals surface area contributed by atoms with Gasteiger partial charge in [-0.25, -0.2) is 0 Å². The van der Waals surface area contributed by atoms with Gasteiger partial charge in [-0.3, -0.25) is 9.69 Å². The summed E-state index contributed by atoms with van der Waals surface area (Å²) in [5, 5.41) is 9.77. The maximum absolute atomic E-state index is 11.2. The van der Waals surface area contributed by atoms with Crippen molar-refractivity contribution in [2.24, 2.45) is 5.92 Å². The van der Waals surface area contributed by atoms with E-state index >= 15 is 0 Å². The Hall–Kier alpha value is -1.52. The van der Waals surface area contributed by atoms with Crippen molar-refractivity contribution in [3.05, 3.63) is 41.4 Å². The van der Waals surface area contributed by atoms with Crippen LogP contribution in [0.2, 0.25) is 5.02 Å². The van der Waals surface area contributed by atoms with Gasteiger partial charge in [0, 0.05) is 19.1 Å². The van der Waals surface area contributed by atoms with Crippen molar-refractivity contribution < 1.29 is 14.6 Å². The van der Waals surface area contributed by atoms with Crippen LogP contribution in [0.15, 0.2) is 30.9 Å². The van der Waals surface area contributed by atoms with Crippen molar-refractivity contribution in [1.82, 2.24) is 4.90 Å². The fourth-order valence-electron chi connectivity index (χ4n) is 2.74. The monoisotopic (exact) mass is 323 g/mol. The Kier molecular flexibility index (Phi) is 5.86. The molecule has 2 atom stereocenters. The summed E-state index contributed by atoms with van der Waals surface area (Å²) in [7, 11) is 0. The van der Waals surface area contributed by atoms with Crippen LogP contribution in [0, 0.1) is 5.92 Å². The van der Waals surface area contributed by atoms with Gasteiger partial charge < -0.3 is 9.84 Å². The molecule has 120 valence electrons. The summed E-state index contributed by atoms with van der Waals surface area (Å²) in [6, 6.07) is 6.09. The lowest BCUT2D eigenvalue weighted by Gasteiger charge is -2.36. The number of nitrogens with zero attached hydrogens (tertiary/aromatic N) is 1. The number of carboxylic acids is 1. The zero-order valence-electron chi connectivity index (χ0n) is 12.8.